The Kier molecular flexibility index (Phi) is 7.44. The number of ether oxygens (including phenoxy) is 2. The predicted octanol–water partition coefficient (Wildman–Crippen LogP) is 3.88. The molecule has 30 heavy (non-hydrogen) atoms. The van der Waals surface area contributed by atoms with Gasteiger partial charge in [-0.25, -0.2) is 0 Å². The van der Waals surface area contributed by atoms with Crippen LogP contribution in [0.2, 0.25) is 0 Å². The second-order valence-corrected chi connectivity index (χ2v) is 6.55. The Balaban J connectivity index is 1.67. The van der Waals surface area contributed by atoms with Gasteiger partial charge in [0.15, 0.2) is 11.5 Å². The summed E-state index contributed by atoms with van der Waals surface area (Å²) < 4.78 is 10.5. The largest absolute Gasteiger partial charge is 0.493 e. The summed E-state index contributed by atoms with van der Waals surface area (Å²) in [6, 6.07) is 24.9. The van der Waals surface area contributed by atoms with E-state index in [1.165, 1.54) is 0 Å². The Labute approximate surface area is 176 Å². The maximum Gasteiger partial charge on any atom is 0.224 e. The summed E-state index contributed by atoms with van der Waals surface area (Å²) >= 11 is 0. The first-order chi connectivity index (χ1) is 14.7. The van der Waals surface area contributed by atoms with Crippen molar-refractivity contribution >= 4 is 17.3 Å². The highest BCUT2D eigenvalue weighted by molar-refractivity contribution is 6.03. The van der Waals surface area contributed by atoms with Crippen molar-refractivity contribution in [3.63, 3.8) is 0 Å². The van der Waals surface area contributed by atoms with E-state index in [-0.39, 0.29) is 12.3 Å². The van der Waals surface area contributed by atoms with Crippen molar-refractivity contribution < 1.29 is 14.3 Å². The van der Waals surface area contributed by atoms with Gasteiger partial charge in [-0.2, -0.15) is 5.10 Å². The van der Waals surface area contributed by atoms with Gasteiger partial charge in [0, 0.05) is 0 Å². The third-order valence-electron chi connectivity index (χ3n) is 4.47. The number of carbonyl (C=O) groups is 1. The van der Waals surface area contributed by atoms with Gasteiger partial charge in [-0.1, -0.05) is 54.6 Å². The van der Waals surface area contributed by atoms with Crippen molar-refractivity contribution in [1.29, 1.82) is 0 Å². The molecule has 6 heteroatoms. The molecule has 2 N–H and O–H groups in total. The van der Waals surface area contributed by atoms with E-state index in [0.29, 0.717) is 18.0 Å². The van der Waals surface area contributed by atoms with Crippen LogP contribution in [0.3, 0.4) is 0 Å². The Morgan fingerprint density at radius 1 is 0.867 bits per heavy atom. The molecule has 0 atom stereocenters. The Morgan fingerprint density at radius 2 is 1.53 bits per heavy atom. The van der Waals surface area contributed by atoms with Gasteiger partial charge in [0.2, 0.25) is 5.91 Å². The smallest absolute Gasteiger partial charge is 0.224 e. The minimum absolute atomic E-state index is 0.106. The van der Waals surface area contributed by atoms with Crippen molar-refractivity contribution in [2.45, 2.75) is 6.42 Å². The van der Waals surface area contributed by atoms with E-state index in [0.717, 1.165) is 22.5 Å². The third-order valence-corrected chi connectivity index (χ3v) is 4.47. The number of benzene rings is 3. The van der Waals surface area contributed by atoms with Gasteiger partial charge in [0.1, 0.15) is 0 Å². The van der Waals surface area contributed by atoms with Gasteiger partial charge >= 0.3 is 0 Å². The summed E-state index contributed by atoms with van der Waals surface area (Å²) in [6.07, 6.45) is 0.231. The summed E-state index contributed by atoms with van der Waals surface area (Å²) in [4.78, 5) is 12.5. The van der Waals surface area contributed by atoms with Crippen molar-refractivity contribution in [3.8, 4) is 11.5 Å². The van der Waals surface area contributed by atoms with Crippen LogP contribution in [0.15, 0.2) is 84.0 Å². The second kappa shape index (κ2) is 10.7. The van der Waals surface area contributed by atoms with E-state index in [2.05, 4.69) is 15.8 Å². The Hall–Kier alpha value is -3.80. The third kappa shape index (κ3) is 5.85. The van der Waals surface area contributed by atoms with Crippen LogP contribution in [0.5, 0.6) is 11.5 Å². The zero-order valence-corrected chi connectivity index (χ0v) is 17.1. The van der Waals surface area contributed by atoms with Gasteiger partial charge in [-0.15, -0.1) is 0 Å². The number of amides is 1. The fourth-order valence-electron chi connectivity index (χ4n) is 2.90. The molecule has 3 aromatic rings. The molecule has 0 aliphatic rings. The molecule has 0 saturated heterocycles. The second-order valence-electron chi connectivity index (χ2n) is 6.55. The molecule has 1 amide bonds. The highest BCUT2D eigenvalue weighted by Gasteiger charge is 2.10. The molecule has 3 rings (SSSR count). The molecule has 0 heterocycles. The topological polar surface area (TPSA) is 72.0 Å². The molecule has 0 fully saturated rings. The van der Waals surface area contributed by atoms with Crippen LogP contribution >= 0.6 is 0 Å². The highest BCUT2D eigenvalue weighted by atomic mass is 16.5. The number of para-hydroxylation sites is 1. The summed E-state index contributed by atoms with van der Waals surface area (Å²) in [5.74, 6) is 1.12. The zero-order valence-electron chi connectivity index (χ0n) is 17.1. The molecule has 0 radical (unpaired) electrons. The average molecular weight is 403 g/mol. The number of hydrogen-bond donors (Lipinski definition) is 2. The van der Waals surface area contributed by atoms with Crippen molar-refractivity contribution in [2.75, 3.05) is 26.2 Å². The lowest BCUT2D eigenvalue weighted by Crippen LogP contribution is -2.31. The molecule has 0 bridgehead atoms. The summed E-state index contributed by atoms with van der Waals surface area (Å²) in [5, 5.41) is 7.46. The Bertz CT molecular complexity index is 989. The van der Waals surface area contributed by atoms with Gasteiger partial charge < -0.3 is 14.8 Å². The number of nitrogens with one attached hydrogen (secondary N) is 2. The first kappa shape index (κ1) is 20.9. The molecule has 0 aliphatic heterocycles. The van der Waals surface area contributed by atoms with Crippen LogP contribution in [0, 0.1) is 0 Å². The number of nitrogens with zero attached hydrogens (tertiary/aromatic N) is 1. The fourth-order valence-corrected chi connectivity index (χ4v) is 2.90. The lowest BCUT2D eigenvalue weighted by molar-refractivity contribution is -0.120. The minimum atomic E-state index is -0.106. The highest BCUT2D eigenvalue weighted by Crippen LogP contribution is 2.27. The number of methoxy groups -OCH3 is 2. The van der Waals surface area contributed by atoms with Crippen molar-refractivity contribution in [3.05, 3.63) is 90.0 Å². The number of rotatable bonds is 9. The van der Waals surface area contributed by atoms with Crippen molar-refractivity contribution in [1.82, 2.24) is 5.32 Å². The normalized spacial score (nSPS) is 10.9. The van der Waals surface area contributed by atoms with Crippen LogP contribution in [0.4, 0.5) is 5.69 Å². The Morgan fingerprint density at radius 3 is 2.20 bits per heavy atom. The molecule has 0 spiro atoms. The van der Waals surface area contributed by atoms with E-state index < -0.39 is 0 Å². The minimum Gasteiger partial charge on any atom is -0.493 e. The number of hydrogen-bond acceptors (Lipinski definition) is 5. The van der Waals surface area contributed by atoms with Crippen LogP contribution in [-0.2, 0) is 11.2 Å². The molecular formula is C24H25N3O3. The van der Waals surface area contributed by atoms with E-state index in [1.54, 1.807) is 20.3 Å². The first-order valence-corrected chi connectivity index (χ1v) is 9.60. The van der Waals surface area contributed by atoms with Gasteiger partial charge in [0.25, 0.3) is 0 Å². The summed E-state index contributed by atoms with van der Waals surface area (Å²) in [6.45, 7) is 0.302. The lowest BCUT2D eigenvalue weighted by atomic mass is 10.1. The summed E-state index contributed by atoms with van der Waals surface area (Å²) in [7, 11) is 3.15. The van der Waals surface area contributed by atoms with E-state index in [1.807, 2.05) is 72.8 Å². The molecule has 0 unspecified atom stereocenters. The standard InChI is InChI=1S/C24H25N3O3/c1-29-22-14-13-18(15-23(22)30-2)16-24(28)25-17-21(19-9-5-3-6-10-19)27-26-20-11-7-4-8-12-20/h3-15,26H,16-17H2,1-2H3,(H,25,28)/b27-21+. The zero-order chi connectivity index (χ0) is 21.2. The SMILES string of the molecule is COc1ccc(CC(=O)NC/C(=N\Nc2ccccc2)c2ccccc2)cc1OC. The van der Waals surface area contributed by atoms with E-state index in [4.69, 9.17) is 9.47 Å². The van der Waals surface area contributed by atoms with Crippen LogP contribution < -0.4 is 20.2 Å². The number of hydrazone groups is 1. The van der Waals surface area contributed by atoms with Gasteiger partial charge in [-0.3, -0.25) is 10.2 Å². The van der Waals surface area contributed by atoms with Crippen LogP contribution in [0.25, 0.3) is 0 Å². The van der Waals surface area contributed by atoms with E-state index >= 15 is 0 Å². The average Bonchev–Trinajstić information content (AvgIpc) is 2.80. The van der Waals surface area contributed by atoms with E-state index in [9.17, 15) is 4.79 Å². The lowest BCUT2D eigenvalue weighted by Gasteiger charge is -2.11. The first-order valence-electron chi connectivity index (χ1n) is 9.60. The number of anilines is 1. The number of carbonyl (C=O) groups excluding carboxylic acids is 1. The molecule has 0 aromatic heterocycles. The molecular weight excluding hydrogens is 378 g/mol. The molecule has 0 aliphatic carbocycles. The predicted molar refractivity (Wildman–Crippen MR) is 119 cm³/mol. The fraction of sp³-hybridized carbons (Fsp3) is 0.167. The molecule has 6 nitrogen and oxygen atoms in total. The quantitative estimate of drug-likeness (QED) is 0.420. The molecule has 0 saturated carbocycles. The maximum atomic E-state index is 12.5. The molecule has 154 valence electrons. The van der Waals surface area contributed by atoms with Gasteiger partial charge in [0.05, 0.1) is 38.6 Å². The maximum absolute atomic E-state index is 12.5. The summed E-state index contributed by atoms with van der Waals surface area (Å²) in [5.41, 5.74) is 6.44. The monoisotopic (exact) mass is 403 g/mol. The van der Waals surface area contributed by atoms with Crippen LogP contribution in [-0.4, -0.2) is 32.4 Å². The van der Waals surface area contributed by atoms with Crippen LogP contribution in [0.1, 0.15) is 11.1 Å². The van der Waals surface area contributed by atoms with Crippen molar-refractivity contribution in [2.24, 2.45) is 5.10 Å². The van der Waals surface area contributed by atoms with Gasteiger partial charge in [-0.05, 0) is 35.4 Å². The molecule has 3 aromatic carbocycles.